The highest BCUT2D eigenvalue weighted by atomic mass is 35.5. The van der Waals surface area contributed by atoms with Crippen LogP contribution < -0.4 is 4.74 Å². The average molecular weight is 479 g/mol. The average Bonchev–Trinajstić information content (AvgIpc) is 3.10. The van der Waals surface area contributed by atoms with Gasteiger partial charge in [0.05, 0.1) is 28.2 Å². The maximum atomic E-state index is 12.8. The number of carbonyl (C=O) groups is 2. The molecule has 0 saturated carbocycles. The van der Waals surface area contributed by atoms with Crippen LogP contribution in [0.4, 0.5) is 5.69 Å². The van der Waals surface area contributed by atoms with Gasteiger partial charge < -0.3 is 14.0 Å². The molecule has 34 heavy (non-hydrogen) atoms. The van der Waals surface area contributed by atoms with Gasteiger partial charge in [0, 0.05) is 22.8 Å². The Labute approximate surface area is 199 Å². The fourth-order valence-electron chi connectivity index (χ4n) is 3.78. The summed E-state index contributed by atoms with van der Waals surface area (Å²) in [5, 5.41) is 11.6. The lowest BCUT2D eigenvalue weighted by molar-refractivity contribution is -0.384. The van der Waals surface area contributed by atoms with Gasteiger partial charge >= 0.3 is 11.9 Å². The fraction of sp³-hybridized carbons (Fsp3) is 0.120. The lowest BCUT2D eigenvalue weighted by Gasteiger charge is -2.09. The Morgan fingerprint density at radius 2 is 1.76 bits per heavy atom. The molecule has 0 aliphatic heterocycles. The van der Waals surface area contributed by atoms with Crippen molar-refractivity contribution in [1.29, 1.82) is 0 Å². The van der Waals surface area contributed by atoms with Gasteiger partial charge in [-0.3, -0.25) is 10.1 Å². The SMILES string of the molecule is CCOC(=O)c1c(C)n(-c2ccccc2)c2ccc(OC(=O)c3ccc(Cl)c([N+](=O)[O-])c3)cc12. The number of nitro groups is 1. The number of ether oxygens (including phenoxy) is 2. The third-order valence-electron chi connectivity index (χ3n) is 5.26. The molecule has 0 spiro atoms. The molecular formula is C25H19ClN2O6. The normalized spacial score (nSPS) is 10.8. The highest BCUT2D eigenvalue weighted by Crippen LogP contribution is 2.33. The lowest BCUT2D eigenvalue weighted by Crippen LogP contribution is -2.09. The second-order valence-corrected chi connectivity index (χ2v) is 7.75. The first-order chi connectivity index (χ1) is 16.3. The number of hydrogen-bond donors (Lipinski definition) is 0. The van der Waals surface area contributed by atoms with Gasteiger partial charge in [-0.05, 0) is 56.3 Å². The quantitative estimate of drug-likeness (QED) is 0.148. The topological polar surface area (TPSA) is 101 Å². The number of benzene rings is 3. The number of fused-ring (bicyclic) bond motifs is 1. The third kappa shape index (κ3) is 4.23. The summed E-state index contributed by atoms with van der Waals surface area (Å²) in [5.74, 6) is -1.11. The Morgan fingerprint density at radius 1 is 1.03 bits per heavy atom. The molecule has 4 rings (SSSR count). The van der Waals surface area contributed by atoms with E-state index in [1.165, 1.54) is 12.1 Å². The molecule has 4 aromatic rings. The van der Waals surface area contributed by atoms with Crippen molar-refractivity contribution in [2.75, 3.05) is 6.61 Å². The van der Waals surface area contributed by atoms with Crippen LogP contribution in [0.3, 0.4) is 0 Å². The number of rotatable bonds is 6. The summed E-state index contributed by atoms with van der Waals surface area (Å²) in [7, 11) is 0. The highest BCUT2D eigenvalue weighted by molar-refractivity contribution is 6.32. The van der Waals surface area contributed by atoms with Crippen LogP contribution in [0.2, 0.25) is 5.02 Å². The van der Waals surface area contributed by atoms with Gasteiger partial charge in [0.15, 0.2) is 0 Å². The van der Waals surface area contributed by atoms with E-state index in [1.807, 2.05) is 41.8 Å². The second kappa shape index (κ2) is 9.36. The summed E-state index contributed by atoms with van der Waals surface area (Å²) < 4.78 is 12.7. The molecule has 8 nitrogen and oxygen atoms in total. The van der Waals surface area contributed by atoms with Crippen molar-refractivity contribution < 1.29 is 24.0 Å². The molecule has 0 fully saturated rings. The van der Waals surface area contributed by atoms with Gasteiger partial charge in [-0.25, -0.2) is 9.59 Å². The van der Waals surface area contributed by atoms with E-state index >= 15 is 0 Å². The van der Waals surface area contributed by atoms with Crippen molar-refractivity contribution in [2.24, 2.45) is 0 Å². The van der Waals surface area contributed by atoms with Crippen LogP contribution in [0.5, 0.6) is 5.75 Å². The molecule has 0 atom stereocenters. The number of nitrogens with zero attached hydrogens (tertiary/aromatic N) is 2. The van der Waals surface area contributed by atoms with Crippen molar-refractivity contribution in [2.45, 2.75) is 13.8 Å². The maximum absolute atomic E-state index is 12.8. The van der Waals surface area contributed by atoms with Gasteiger partial charge in [-0.1, -0.05) is 29.8 Å². The summed E-state index contributed by atoms with van der Waals surface area (Å²) in [6.07, 6.45) is 0. The smallest absolute Gasteiger partial charge is 0.343 e. The van der Waals surface area contributed by atoms with Crippen molar-refractivity contribution in [3.63, 3.8) is 0 Å². The minimum absolute atomic E-state index is 0.0279. The Balaban J connectivity index is 1.78. The number of aromatic nitrogens is 1. The summed E-state index contributed by atoms with van der Waals surface area (Å²) in [6.45, 7) is 3.75. The van der Waals surface area contributed by atoms with Gasteiger partial charge in [0.25, 0.3) is 5.69 Å². The molecule has 0 amide bonds. The lowest BCUT2D eigenvalue weighted by atomic mass is 10.1. The van der Waals surface area contributed by atoms with Crippen LogP contribution in [0, 0.1) is 17.0 Å². The molecule has 1 aromatic heterocycles. The zero-order chi connectivity index (χ0) is 24.4. The Bertz CT molecular complexity index is 1430. The van der Waals surface area contributed by atoms with Gasteiger partial charge in [-0.2, -0.15) is 0 Å². The minimum atomic E-state index is -0.795. The maximum Gasteiger partial charge on any atom is 0.343 e. The van der Waals surface area contributed by atoms with Crippen LogP contribution in [0.15, 0.2) is 66.7 Å². The molecule has 9 heteroatoms. The summed E-state index contributed by atoms with van der Waals surface area (Å²) in [4.78, 5) is 35.9. The molecule has 0 aliphatic rings. The number of esters is 2. The van der Waals surface area contributed by atoms with Crippen LogP contribution >= 0.6 is 11.6 Å². The van der Waals surface area contributed by atoms with Gasteiger partial charge in [0.2, 0.25) is 0 Å². The Morgan fingerprint density at radius 3 is 2.44 bits per heavy atom. The van der Waals surface area contributed by atoms with Crippen molar-refractivity contribution in [3.8, 4) is 11.4 Å². The summed E-state index contributed by atoms with van der Waals surface area (Å²) >= 11 is 5.82. The monoisotopic (exact) mass is 478 g/mol. The minimum Gasteiger partial charge on any atom is -0.462 e. The van der Waals surface area contributed by atoms with Crippen molar-refractivity contribution in [3.05, 3.63) is 98.7 Å². The van der Waals surface area contributed by atoms with Crippen molar-refractivity contribution in [1.82, 2.24) is 4.57 Å². The van der Waals surface area contributed by atoms with E-state index in [-0.39, 0.29) is 22.9 Å². The third-order valence-corrected chi connectivity index (χ3v) is 5.58. The van der Waals surface area contributed by atoms with Crippen LogP contribution in [0.25, 0.3) is 16.6 Å². The summed E-state index contributed by atoms with van der Waals surface area (Å²) in [5.41, 5.74) is 2.20. The Hall–Kier alpha value is -4.17. The molecule has 0 unspecified atom stereocenters. The Kier molecular flexibility index (Phi) is 6.34. The van der Waals surface area contributed by atoms with Gasteiger partial charge in [0.1, 0.15) is 10.8 Å². The first-order valence-corrected chi connectivity index (χ1v) is 10.7. The van der Waals surface area contributed by atoms with E-state index in [2.05, 4.69) is 0 Å². The number of carbonyl (C=O) groups excluding carboxylic acids is 2. The zero-order valence-corrected chi connectivity index (χ0v) is 19.0. The predicted molar refractivity (Wildman–Crippen MR) is 127 cm³/mol. The molecule has 0 N–H and O–H groups in total. The van der Waals surface area contributed by atoms with E-state index < -0.39 is 22.5 Å². The molecule has 0 radical (unpaired) electrons. The zero-order valence-electron chi connectivity index (χ0n) is 18.3. The van der Waals surface area contributed by atoms with E-state index in [9.17, 15) is 19.7 Å². The predicted octanol–water partition coefficient (Wildman–Crippen LogP) is 5.90. The second-order valence-electron chi connectivity index (χ2n) is 7.34. The standard InChI is InChI=1S/C25H19ClN2O6/c1-3-33-25(30)23-15(2)27(17-7-5-4-6-8-17)21-12-10-18(14-19(21)23)34-24(29)16-9-11-20(26)22(13-16)28(31)32/h4-14H,3H2,1-2H3. The highest BCUT2D eigenvalue weighted by Gasteiger charge is 2.23. The molecule has 3 aromatic carbocycles. The van der Waals surface area contributed by atoms with Crippen LogP contribution in [-0.2, 0) is 4.74 Å². The van der Waals surface area contributed by atoms with Crippen molar-refractivity contribution >= 4 is 40.1 Å². The van der Waals surface area contributed by atoms with E-state index in [0.717, 1.165) is 17.3 Å². The largest absolute Gasteiger partial charge is 0.462 e. The molecule has 172 valence electrons. The molecule has 1 heterocycles. The van der Waals surface area contributed by atoms with Crippen LogP contribution in [0.1, 0.15) is 33.3 Å². The van der Waals surface area contributed by atoms with E-state index in [0.29, 0.717) is 16.6 Å². The summed E-state index contributed by atoms with van der Waals surface area (Å²) in [6, 6.07) is 18.1. The molecule has 0 saturated heterocycles. The molecular weight excluding hydrogens is 460 g/mol. The fourth-order valence-corrected chi connectivity index (χ4v) is 3.96. The molecule has 0 aliphatic carbocycles. The van der Waals surface area contributed by atoms with Crippen LogP contribution in [-0.4, -0.2) is 28.0 Å². The molecule has 0 bridgehead atoms. The number of para-hydroxylation sites is 1. The first kappa shape index (κ1) is 23.0. The van der Waals surface area contributed by atoms with Gasteiger partial charge in [-0.15, -0.1) is 0 Å². The first-order valence-electron chi connectivity index (χ1n) is 10.4. The number of nitro benzene ring substituents is 1. The number of hydrogen-bond acceptors (Lipinski definition) is 6. The van der Waals surface area contributed by atoms with E-state index in [4.69, 9.17) is 21.1 Å². The van der Waals surface area contributed by atoms with E-state index in [1.54, 1.807) is 25.1 Å². The number of halogens is 1.